The van der Waals surface area contributed by atoms with Gasteiger partial charge in [-0.15, -0.1) is 0 Å². The average Bonchev–Trinajstić information content (AvgIpc) is 2.17. The molecule has 0 bridgehead atoms. The molecule has 0 fully saturated rings. The Bertz CT molecular complexity index is 386. The lowest BCUT2D eigenvalue weighted by atomic mass is 9.81. The van der Waals surface area contributed by atoms with E-state index in [0.29, 0.717) is 0 Å². The third-order valence-corrected chi connectivity index (χ3v) is 2.49. The molecule has 0 radical (unpaired) electrons. The zero-order valence-corrected chi connectivity index (χ0v) is 11.0. The first-order chi connectivity index (χ1) is 9.67. The Morgan fingerprint density at radius 2 is 0.870 bits per heavy atom. The Morgan fingerprint density at radius 1 is 0.609 bits per heavy atom. The molecule has 0 saturated carbocycles. The maximum absolute atomic E-state index is 13.6. The van der Waals surface area contributed by atoms with E-state index < -0.39 is 41.5 Å². The largest absolute Gasteiger partial charge is 0.435 e. The quantitative estimate of drug-likeness (QED) is 0.464. The summed E-state index contributed by atoms with van der Waals surface area (Å²) < 4.78 is 166. The van der Waals surface area contributed by atoms with Crippen LogP contribution in [0.2, 0.25) is 0 Å². The summed E-state index contributed by atoms with van der Waals surface area (Å²) in [6, 6.07) is 0. The summed E-state index contributed by atoms with van der Waals surface area (Å²) in [4.78, 5) is 0. The summed E-state index contributed by atoms with van der Waals surface area (Å²) in [5.74, 6) is 0. The molecule has 140 valence electrons. The highest BCUT2D eigenvalue weighted by atomic mass is 35.5. The molecule has 0 aliphatic heterocycles. The fourth-order valence-electron chi connectivity index (χ4n) is 1.57. The molecular weight excluding hydrogens is 395 g/mol. The van der Waals surface area contributed by atoms with Gasteiger partial charge >= 0.3 is 36.0 Å². The van der Waals surface area contributed by atoms with Gasteiger partial charge in [-0.2, -0.15) is 52.7 Å². The van der Waals surface area contributed by atoms with E-state index in [1.165, 1.54) is 0 Å². The standard InChI is InChI=1S/C8H4ClF13O/c1-2(9)23-4(7(17,18)19,8(20,21)22)3(10,5(11,12)13)6(14,15)16/h2H,1H3. The van der Waals surface area contributed by atoms with Crippen LogP contribution in [0.3, 0.4) is 0 Å². The molecule has 0 aliphatic carbocycles. The first-order valence-electron chi connectivity index (χ1n) is 4.94. The minimum atomic E-state index is -7.87. The Balaban J connectivity index is 7.12. The van der Waals surface area contributed by atoms with Crippen LogP contribution < -0.4 is 0 Å². The van der Waals surface area contributed by atoms with Crippen LogP contribution >= 0.6 is 11.6 Å². The van der Waals surface area contributed by atoms with Gasteiger partial charge in [0, 0.05) is 0 Å². The summed E-state index contributed by atoms with van der Waals surface area (Å²) >= 11 is 4.56. The summed E-state index contributed by atoms with van der Waals surface area (Å²) in [6.45, 7) is 0.0426. The molecule has 0 spiro atoms. The molecule has 0 aromatic rings. The molecule has 0 aliphatic rings. The van der Waals surface area contributed by atoms with E-state index in [9.17, 15) is 57.1 Å². The summed E-state index contributed by atoms with van der Waals surface area (Å²) in [6.07, 6.45) is -30.4. The van der Waals surface area contributed by atoms with Gasteiger partial charge in [0.2, 0.25) is 0 Å². The molecule has 0 saturated heterocycles. The van der Waals surface area contributed by atoms with E-state index in [2.05, 4.69) is 16.3 Å². The van der Waals surface area contributed by atoms with E-state index in [1.54, 1.807) is 0 Å². The third kappa shape index (κ3) is 3.28. The zero-order valence-electron chi connectivity index (χ0n) is 10.3. The molecule has 0 aromatic heterocycles. The number of hydrogen-bond acceptors (Lipinski definition) is 1. The lowest BCUT2D eigenvalue weighted by molar-refractivity contribution is -0.488. The zero-order chi connectivity index (χ0) is 19.3. The highest BCUT2D eigenvalue weighted by molar-refractivity contribution is 6.19. The van der Waals surface area contributed by atoms with Crippen LogP contribution in [0.15, 0.2) is 0 Å². The first-order valence-corrected chi connectivity index (χ1v) is 5.38. The van der Waals surface area contributed by atoms with Crippen molar-refractivity contribution in [2.45, 2.75) is 48.5 Å². The molecule has 0 N–H and O–H groups in total. The van der Waals surface area contributed by atoms with Crippen molar-refractivity contribution in [3.63, 3.8) is 0 Å². The van der Waals surface area contributed by atoms with Gasteiger partial charge in [0.1, 0.15) is 5.56 Å². The van der Waals surface area contributed by atoms with Crippen LogP contribution in [0.4, 0.5) is 57.1 Å². The highest BCUT2D eigenvalue weighted by Gasteiger charge is 2.96. The molecular formula is C8H4ClF13O. The fraction of sp³-hybridized carbons (Fsp3) is 1.00. The second-order valence-electron chi connectivity index (χ2n) is 3.99. The van der Waals surface area contributed by atoms with Crippen LogP contribution in [-0.4, -0.2) is 41.5 Å². The Morgan fingerprint density at radius 3 is 1.00 bits per heavy atom. The average molecular weight is 399 g/mol. The molecule has 0 aromatic carbocycles. The van der Waals surface area contributed by atoms with E-state index in [4.69, 9.17) is 0 Å². The third-order valence-electron chi connectivity index (χ3n) is 2.40. The topological polar surface area (TPSA) is 9.23 Å². The van der Waals surface area contributed by atoms with Crippen molar-refractivity contribution in [3.05, 3.63) is 0 Å². The second-order valence-corrected chi connectivity index (χ2v) is 4.61. The van der Waals surface area contributed by atoms with Crippen LogP contribution in [0.5, 0.6) is 0 Å². The predicted octanol–water partition coefficient (Wildman–Crippen LogP) is 5.28. The lowest BCUT2D eigenvalue weighted by Gasteiger charge is -2.47. The van der Waals surface area contributed by atoms with Crippen LogP contribution in [0.1, 0.15) is 6.92 Å². The van der Waals surface area contributed by atoms with Crippen molar-refractivity contribution in [2.24, 2.45) is 0 Å². The van der Waals surface area contributed by atoms with E-state index in [-0.39, 0.29) is 6.92 Å². The van der Waals surface area contributed by atoms with Crippen molar-refractivity contribution >= 4 is 11.6 Å². The lowest BCUT2D eigenvalue weighted by Crippen LogP contribution is -2.79. The van der Waals surface area contributed by atoms with Crippen molar-refractivity contribution in [3.8, 4) is 0 Å². The predicted molar refractivity (Wildman–Crippen MR) is 47.2 cm³/mol. The smallest absolute Gasteiger partial charge is 0.336 e. The van der Waals surface area contributed by atoms with Gasteiger partial charge in [-0.25, -0.2) is 4.39 Å². The molecule has 1 unspecified atom stereocenters. The Labute approximate surface area is 123 Å². The van der Waals surface area contributed by atoms with Gasteiger partial charge in [0.05, 0.1) is 0 Å². The number of rotatable bonds is 3. The SMILES string of the molecule is CC(Cl)OC(C(F)(F)F)(C(F)(F)F)C(F)(C(F)(F)F)C(F)(F)F. The maximum atomic E-state index is 13.6. The van der Waals surface area contributed by atoms with Gasteiger partial charge in [0.15, 0.2) is 0 Å². The number of halogens is 14. The van der Waals surface area contributed by atoms with E-state index in [1.807, 2.05) is 0 Å². The van der Waals surface area contributed by atoms with Crippen molar-refractivity contribution in [2.75, 3.05) is 0 Å². The summed E-state index contributed by atoms with van der Waals surface area (Å²) in [5, 5.41) is 0. The Kier molecular flexibility index (Phi) is 5.54. The van der Waals surface area contributed by atoms with Gasteiger partial charge in [0.25, 0.3) is 0 Å². The maximum Gasteiger partial charge on any atom is 0.435 e. The Hall–Kier alpha value is -0.660. The molecule has 1 nitrogen and oxygen atoms in total. The molecule has 23 heavy (non-hydrogen) atoms. The molecule has 1 atom stereocenters. The normalized spacial score (nSPS) is 17.3. The minimum absolute atomic E-state index is 0.0426. The van der Waals surface area contributed by atoms with Crippen molar-refractivity contribution in [1.82, 2.24) is 0 Å². The van der Waals surface area contributed by atoms with Gasteiger partial charge in [-0.05, 0) is 6.92 Å². The molecule has 0 heterocycles. The monoisotopic (exact) mass is 398 g/mol. The number of alkyl halides is 14. The van der Waals surface area contributed by atoms with Gasteiger partial charge in [-0.3, -0.25) is 0 Å². The summed E-state index contributed by atoms with van der Waals surface area (Å²) in [5.41, 5.74) is -18.2. The molecule has 0 rings (SSSR count). The first kappa shape index (κ1) is 22.3. The van der Waals surface area contributed by atoms with Crippen LogP contribution in [0.25, 0.3) is 0 Å². The summed E-state index contributed by atoms with van der Waals surface area (Å²) in [7, 11) is 0. The van der Waals surface area contributed by atoms with E-state index >= 15 is 0 Å². The van der Waals surface area contributed by atoms with Crippen LogP contribution in [0, 0.1) is 0 Å². The van der Waals surface area contributed by atoms with Gasteiger partial charge in [-0.1, -0.05) is 11.6 Å². The molecule has 15 heteroatoms. The fourth-order valence-corrected chi connectivity index (χ4v) is 1.70. The minimum Gasteiger partial charge on any atom is -0.336 e. The van der Waals surface area contributed by atoms with E-state index in [0.717, 1.165) is 0 Å². The van der Waals surface area contributed by atoms with Crippen molar-refractivity contribution in [1.29, 1.82) is 0 Å². The highest BCUT2D eigenvalue weighted by Crippen LogP contribution is 2.63. The number of ether oxygens (including phenoxy) is 1. The van der Waals surface area contributed by atoms with Crippen molar-refractivity contribution < 1.29 is 61.8 Å². The molecule has 0 amide bonds. The number of hydrogen-bond donors (Lipinski definition) is 0. The van der Waals surface area contributed by atoms with Crippen LogP contribution in [-0.2, 0) is 4.74 Å². The van der Waals surface area contributed by atoms with Gasteiger partial charge < -0.3 is 4.74 Å². The second kappa shape index (κ2) is 5.70.